The number of hydrogen-bond donors (Lipinski definition) is 1. The lowest BCUT2D eigenvalue weighted by molar-refractivity contribution is -0.114. The highest BCUT2D eigenvalue weighted by molar-refractivity contribution is 7.98. The molecule has 0 bridgehead atoms. The lowest BCUT2D eigenvalue weighted by atomic mass is 10.1. The molecule has 4 aromatic carbocycles. The summed E-state index contributed by atoms with van der Waals surface area (Å²) in [5.41, 5.74) is 3.02. The number of aryl methyl sites for hydroxylation is 1. The van der Waals surface area contributed by atoms with E-state index in [1.807, 2.05) is 43.3 Å². The van der Waals surface area contributed by atoms with Crippen LogP contribution in [0.2, 0.25) is 0 Å². The molecule has 4 rings (SSSR count). The lowest BCUT2D eigenvalue weighted by Gasteiger charge is -2.24. The van der Waals surface area contributed by atoms with Crippen molar-refractivity contribution in [3.8, 4) is 11.5 Å². The smallest absolute Gasteiger partial charge is 0.264 e. The zero-order valence-corrected chi connectivity index (χ0v) is 23.6. The Morgan fingerprint density at radius 2 is 1.51 bits per heavy atom. The zero-order valence-electron chi connectivity index (χ0n) is 22.0. The molecular formula is C30H30N2O5S2. The predicted molar refractivity (Wildman–Crippen MR) is 156 cm³/mol. The first-order chi connectivity index (χ1) is 18.8. The van der Waals surface area contributed by atoms with Crippen LogP contribution in [-0.2, 0) is 20.6 Å². The van der Waals surface area contributed by atoms with Crippen molar-refractivity contribution in [1.82, 2.24) is 0 Å². The topological polar surface area (TPSA) is 84.9 Å². The molecule has 0 saturated carbocycles. The number of ether oxygens (including phenoxy) is 2. The Balaban J connectivity index is 1.53. The molecule has 39 heavy (non-hydrogen) atoms. The minimum atomic E-state index is -4.12. The fourth-order valence-corrected chi connectivity index (χ4v) is 6.27. The van der Waals surface area contributed by atoms with E-state index >= 15 is 0 Å². The van der Waals surface area contributed by atoms with Crippen LogP contribution in [0, 0.1) is 6.92 Å². The average Bonchev–Trinajstić information content (AvgIpc) is 2.96. The highest BCUT2D eigenvalue weighted by Gasteiger charge is 2.28. The van der Waals surface area contributed by atoms with Crippen LogP contribution in [0.25, 0.3) is 0 Å². The third-order valence-corrected chi connectivity index (χ3v) is 8.84. The molecule has 202 valence electrons. The largest absolute Gasteiger partial charge is 0.493 e. The predicted octanol–water partition coefficient (Wildman–Crippen LogP) is 6.14. The second kappa shape index (κ2) is 12.7. The van der Waals surface area contributed by atoms with Gasteiger partial charge >= 0.3 is 0 Å². The third kappa shape index (κ3) is 6.93. The number of nitrogens with one attached hydrogen (secondary N) is 1. The second-order valence-corrected chi connectivity index (χ2v) is 11.6. The quantitative estimate of drug-likeness (QED) is 0.221. The molecule has 0 radical (unpaired) electrons. The molecular weight excluding hydrogens is 532 g/mol. The van der Waals surface area contributed by atoms with Crippen LogP contribution < -0.4 is 19.1 Å². The van der Waals surface area contributed by atoms with E-state index in [1.54, 1.807) is 42.1 Å². The molecule has 0 aliphatic heterocycles. The molecule has 0 fully saturated rings. The third-order valence-electron chi connectivity index (χ3n) is 5.99. The van der Waals surface area contributed by atoms with E-state index in [1.165, 1.54) is 37.3 Å². The van der Waals surface area contributed by atoms with Crippen molar-refractivity contribution in [3.63, 3.8) is 0 Å². The molecule has 4 aromatic rings. The number of methoxy groups -OCH3 is 2. The highest BCUT2D eigenvalue weighted by Crippen LogP contribution is 2.32. The van der Waals surface area contributed by atoms with Crippen molar-refractivity contribution in [1.29, 1.82) is 0 Å². The molecule has 0 heterocycles. The van der Waals surface area contributed by atoms with E-state index in [0.717, 1.165) is 21.2 Å². The van der Waals surface area contributed by atoms with Crippen molar-refractivity contribution in [3.05, 3.63) is 108 Å². The Labute approximate surface area is 233 Å². The summed E-state index contributed by atoms with van der Waals surface area (Å²) in [5.74, 6) is 1.01. The van der Waals surface area contributed by atoms with Gasteiger partial charge in [0.2, 0.25) is 5.91 Å². The Kier molecular flexibility index (Phi) is 9.16. The summed E-state index contributed by atoms with van der Waals surface area (Å²) in [6.07, 6.45) is 0. The number of sulfonamides is 1. The maximum Gasteiger partial charge on any atom is 0.264 e. The fourth-order valence-electron chi connectivity index (χ4n) is 3.97. The number of anilines is 2. The van der Waals surface area contributed by atoms with E-state index in [0.29, 0.717) is 17.1 Å². The number of benzene rings is 4. The van der Waals surface area contributed by atoms with Gasteiger partial charge in [0, 0.05) is 22.4 Å². The van der Waals surface area contributed by atoms with Crippen LogP contribution in [0.15, 0.2) is 107 Å². The number of carbonyl (C=O) groups excluding carboxylic acids is 1. The molecule has 0 saturated heterocycles. The van der Waals surface area contributed by atoms with Gasteiger partial charge in [-0.1, -0.05) is 48.5 Å². The lowest BCUT2D eigenvalue weighted by Crippen LogP contribution is -2.38. The van der Waals surface area contributed by atoms with E-state index < -0.39 is 22.5 Å². The maximum atomic E-state index is 13.7. The van der Waals surface area contributed by atoms with Crippen LogP contribution in [-0.4, -0.2) is 35.1 Å². The first kappa shape index (κ1) is 28.1. The van der Waals surface area contributed by atoms with Crippen molar-refractivity contribution in [2.45, 2.75) is 22.5 Å². The van der Waals surface area contributed by atoms with Gasteiger partial charge in [-0.15, -0.1) is 11.8 Å². The normalized spacial score (nSPS) is 11.1. The summed E-state index contributed by atoms with van der Waals surface area (Å²) in [6, 6.07) is 28.9. The van der Waals surface area contributed by atoms with Crippen LogP contribution in [0.5, 0.6) is 11.5 Å². The first-order valence-corrected chi connectivity index (χ1v) is 14.6. The second-order valence-electron chi connectivity index (χ2n) is 8.66. The summed E-state index contributed by atoms with van der Waals surface area (Å²) in [7, 11) is -1.20. The zero-order chi connectivity index (χ0) is 27.8. The van der Waals surface area contributed by atoms with E-state index in [9.17, 15) is 13.2 Å². The molecule has 0 unspecified atom stereocenters. The molecule has 0 aliphatic rings. The van der Waals surface area contributed by atoms with Gasteiger partial charge in [0.1, 0.15) is 6.54 Å². The summed E-state index contributed by atoms with van der Waals surface area (Å²) < 4.78 is 39.1. The summed E-state index contributed by atoms with van der Waals surface area (Å²) >= 11 is 1.74. The molecule has 9 heteroatoms. The average molecular weight is 563 g/mol. The molecule has 7 nitrogen and oxygen atoms in total. The maximum absolute atomic E-state index is 13.7. The van der Waals surface area contributed by atoms with Crippen LogP contribution in [0.3, 0.4) is 0 Å². The minimum Gasteiger partial charge on any atom is -0.493 e. The summed E-state index contributed by atoms with van der Waals surface area (Å²) in [4.78, 5) is 14.3. The van der Waals surface area contributed by atoms with E-state index in [-0.39, 0.29) is 10.6 Å². The van der Waals surface area contributed by atoms with Gasteiger partial charge in [0.15, 0.2) is 11.5 Å². The van der Waals surface area contributed by atoms with Gasteiger partial charge in [-0.05, 0) is 60.5 Å². The Bertz CT molecular complexity index is 1530. The standard InChI is InChI=1S/C30H30N2O5S2/c1-22-18-23(21-38-25-12-8-5-9-13-25)14-16-27(22)31-30(33)20-32(24-10-6-4-7-11-24)39(34,35)26-15-17-28(36-2)29(19-26)37-3/h4-19H,20-21H2,1-3H3,(H,31,33). The summed E-state index contributed by atoms with van der Waals surface area (Å²) in [5, 5.41) is 2.88. The minimum absolute atomic E-state index is 0.0201. The van der Waals surface area contributed by atoms with Gasteiger partial charge in [-0.2, -0.15) is 0 Å². The van der Waals surface area contributed by atoms with Gasteiger partial charge in [-0.3, -0.25) is 9.10 Å². The van der Waals surface area contributed by atoms with Gasteiger partial charge in [0.25, 0.3) is 10.0 Å². The molecule has 1 amide bonds. The molecule has 0 aromatic heterocycles. The van der Waals surface area contributed by atoms with Gasteiger partial charge in [0.05, 0.1) is 24.8 Å². The van der Waals surface area contributed by atoms with Crippen molar-refractivity contribution < 1.29 is 22.7 Å². The Morgan fingerprint density at radius 3 is 2.15 bits per heavy atom. The van der Waals surface area contributed by atoms with Crippen LogP contribution in [0.4, 0.5) is 11.4 Å². The molecule has 0 spiro atoms. The number of para-hydroxylation sites is 1. The number of hydrogen-bond acceptors (Lipinski definition) is 6. The monoisotopic (exact) mass is 562 g/mol. The number of thioether (sulfide) groups is 1. The number of carbonyl (C=O) groups is 1. The highest BCUT2D eigenvalue weighted by atomic mass is 32.2. The molecule has 1 N–H and O–H groups in total. The molecule has 0 aliphatic carbocycles. The number of amides is 1. The number of nitrogens with zero attached hydrogens (tertiary/aromatic N) is 1. The SMILES string of the molecule is COc1ccc(S(=O)(=O)N(CC(=O)Nc2ccc(CSc3ccccc3)cc2C)c2ccccc2)cc1OC. The Morgan fingerprint density at radius 1 is 0.846 bits per heavy atom. The van der Waals surface area contributed by atoms with Crippen molar-refractivity contribution in [2.24, 2.45) is 0 Å². The van der Waals surface area contributed by atoms with E-state index in [4.69, 9.17) is 9.47 Å². The van der Waals surface area contributed by atoms with Crippen LogP contribution >= 0.6 is 11.8 Å². The summed E-state index contributed by atoms with van der Waals surface area (Å²) in [6.45, 7) is 1.51. The number of rotatable bonds is 11. The van der Waals surface area contributed by atoms with Crippen molar-refractivity contribution in [2.75, 3.05) is 30.4 Å². The van der Waals surface area contributed by atoms with E-state index in [2.05, 4.69) is 17.4 Å². The fraction of sp³-hybridized carbons (Fsp3) is 0.167. The molecule has 0 atom stereocenters. The van der Waals surface area contributed by atoms with Crippen molar-refractivity contribution >= 4 is 39.1 Å². The van der Waals surface area contributed by atoms with Gasteiger partial charge < -0.3 is 14.8 Å². The first-order valence-electron chi connectivity index (χ1n) is 12.2. The Hall–Kier alpha value is -3.95. The van der Waals surface area contributed by atoms with Gasteiger partial charge in [-0.25, -0.2) is 8.42 Å². The van der Waals surface area contributed by atoms with Crippen LogP contribution in [0.1, 0.15) is 11.1 Å².